The number of rotatable bonds is 8. The number of anilines is 1. The topological polar surface area (TPSA) is 56.3 Å². The predicted molar refractivity (Wildman–Crippen MR) is 74.8 cm³/mol. The molecule has 0 radical (unpaired) electrons. The fourth-order valence-electron chi connectivity index (χ4n) is 1.44. The molecule has 0 aliphatic heterocycles. The molecule has 0 saturated carbocycles. The van der Waals surface area contributed by atoms with E-state index in [0.29, 0.717) is 19.6 Å². The zero-order valence-electron chi connectivity index (χ0n) is 11.1. The van der Waals surface area contributed by atoms with Gasteiger partial charge in [0.05, 0.1) is 23.4 Å². The van der Waals surface area contributed by atoms with Crippen molar-refractivity contribution in [3.8, 4) is 0 Å². The molecule has 1 rings (SSSR count). The second kappa shape index (κ2) is 8.39. The van der Waals surface area contributed by atoms with E-state index in [1.54, 1.807) is 14.2 Å². The first kappa shape index (κ1) is 15.3. The van der Waals surface area contributed by atoms with Crippen LogP contribution < -0.4 is 5.32 Å². The molecule has 1 heterocycles. The van der Waals surface area contributed by atoms with Gasteiger partial charge < -0.3 is 14.8 Å². The Labute approximate surface area is 116 Å². The third kappa shape index (κ3) is 4.51. The van der Waals surface area contributed by atoms with Gasteiger partial charge in [-0.05, 0) is 22.4 Å². The number of aromatic nitrogens is 2. The lowest BCUT2D eigenvalue weighted by Crippen LogP contribution is -2.11. The van der Waals surface area contributed by atoms with Crippen LogP contribution in [0.25, 0.3) is 0 Å². The maximum atomic E-state index is 5.15. The van der Waals surface area contributed by atoms with E-state index in [1.807, 2.05) is 0 Å². The fraction of sp³-hybridized carbons (Fsp3) is 0.667. The molecule has 5 nitrogen and oxygen atoms in total. The fourth-order valence-corrected chi connectivity index (χ4v) is 1.87. The lowest BCUT2D eigenvalue weighted by molar-refractivity contribution is 0.179. The van der Waals surface area contributed by atoms with Gasteiger partial charge in [0, 0.05) is 27.2 Å². The summed E-state index contributed by atoms with van der Waals surface area (Å²) in [6.07, 6.45) is 1.74. The van der Waals surface area contributed by atoms with Crippen LogP contribution >= 0.6 is 15.9 Å². The molecule has 1 aromatic heterocycles. The summed E-state index contributed by atoms with van der Waals surface area (Å²) >= 11 is 3.52. The van der Waals surface area contributed by atoms with Gasteiger partial charge in [0.25, 0.3) is 0 Å². The quantitative estimate of drug-likeness (QED) is 0.798. The van der Waals surface area contributed by atoms with E-state index < -0.39 is 0 Å². The second-order valence-electron chi connectivity index (χ2n) is 3.85. The second-order valence-corrected chi connectivity index (χ2v) is 4.64. The number of nitrogens with zero attached hydrogens (tertiary/aromatic N) is 2. The Hall–Kier alpha value is -0.720. The molecule has 102 valence electrons. The number of hydrogen-bond acceptors (Lipinski definition) is 5. The summed E-state index contributed by atoms with van der Waals surface area (Å²) < 4.78 is 11.1. The van der Waals surface area contributed by atoms with Crippen LogP contribution in [0.4, 0.5) is 5.82 Å². The van der Waals surface area contributed by atoms with Gasteiger partial charge >= 0.3 is 0 Å². The lowest BCUT2D eigenvalue weighted by atomic mass is 10.3. The van der Waals surface area contributed by atoms with E-state index in [1.165, 1.54) is 0 Å². The maximum absolute atomic E-state index is 5.15. The summed E-state index contributed by atoms with van der Waals surface area (Å²) in [5.74, 6) is 1.59. The van der Waals surface area contributed by atoms with E-state index >= 15 is 0 Å². The van der Waals surface area contributed by atoms with E-state index in [2.05, 4.69) is 38.1 Å². The molecule has 1 aromatic rings. The molecule has 0 fully saturated rings. The van der Waals surface area contributed by atoms with Crippen molar-refractivity contribution in [2.45, 2.75) is 26.4 Å². The largest absolute Gasteiger partial charge is 0.384 e. The Morgan fingerprint density at radius 2 is 2.00 bits per heavy atom. The Morgan fingerprint density at radius 1 is 1.22 bits per heavy atom. The van der Waals surface area contributed by atoms with Crippen LogP contribution in [0.15, 0.2) is 4.47 Å². The highest BCUT2D eigenvalue weighted by atomic mass is 79.9. The van der Waals surface area contributed by atoms with E-state index in [0.717, 1.165) is 34.8 Å². The van der Waals surface area contributed by atoms with Crippen LogP contribution in [-0.2, 0) is 22.5 Å². The van der Waals surface area contributed by atoms with Gasteiger partial charge in [-0.2, -0.15) is 0 Å². The minimum absolute atomic E-state index is 0.462. The molecule has 0 spiro atoms. The van der Waals surface area contributed by atoms with Crippen molar-refractivity contribution in [3.05, 3.63) is 16.0 Å². The molecule has 0 amide bonds. The normalized spacial score (nSPS) is 10.7. The zero-order chi connectivity index (χ0) is 13.4. The molecule has 18 heavy (non-hydrogen) atoms. The molecule has 0 aliphatic rings. The molecular weight excluding hydrogens is 298 g/mol. The molecule has 0 atom stereocenters. The summed E-state index contributed by atoms with van der Waals surface area (Å²) in [6, 6.07) is 0. The number of methoxy groups -OCH3 is 2. The van der Waals surface area contributed by atoms with Crippen LogP contribution in [0.3, 0.4) is 0 Å². The van der Waals surface area contributed by atoms with Crippen LogP contribution in [0, 0.1) is 0 Å². The third-order valence-electron chi connectivity index (χ3n) is 2.32. The monoisotopic (exact) mass is 317 g/mol. The minimum Gasteiger partial charge on any atom is -0.384 e. The van der Waals surface area contributed by atoms with Crippen LogP contribution in [0.5, 0.6) is 0 Å². The Bertz CT molecular complexity index is 375. The molecule has 0 saturated heterocycles. The number of halogens is 1. The molecule has 0 aromatic carbocycles. The minimum atomic E-state index is 0.462. The average molecular weight is 318 g/mol. The van der Waals surface area contributed by atoms with Gasteiger partial charge in [-0.3, -0.25) is 0 Å². The van der Waals surface area contributed by atoms with Crippen molar-refractivity contribution in [1.29, 1.82) is 0 Å². The summed E-state index contributed by atoms with van der Waals surface area (Å²) in [6.45, 7) is 4.07. The molecular formula is C12H20BrN3O2. The Balaban J connectivity index is 2.94. The van der Waals surface area contributed by atoms with Gasteiger partial charge in [0.1, 0.15) is 11.6 Å². The zero-order valence-corrected chi connectivity index (χ0v) is 12.7. The Morgan fingerprint density at radius 3 is 2.61 bits per heavy atom. The lowest BCUT2D eigenvalue weighted by Gasteiger charge is -2.12. The van der Waals surface area contributed by atoms with Crippen molar-refractivity contribution in [1.82, 2.24) is 9.97 Å². The first-order valence-corrected chi connectivity index (χ1v) is 6.79. The third-order valence-corrected chi connectivity index (χ3v) is 3.15. The highest BCUT2D eigenvalue weighted by molar-refractivity contribution is 9.10. The van der Waals surface area contributed by atoms with Crippen molar-refractivity contribution in [2.24, 2.45) is 0 Å². The summed E-state index contributed by atoms with van der Waals surface area (Å²) in [5, 5.41) is 3.28. The molecule has 0 bridgehead atoms. The van der Waals surface area contributed by atoms with Crippen molar-refractivity contribution < 1.29 is 9.47 Å². The number of hydrogen-bond donors (Lipinski definition) is 1. The van der Waals surface area contributed by atoms with Gasteiger partial charge in [-0.15, -0.1) is 0 Å². The van der Waals surface area contributed by atoms with Gasteiger partial charge in [-0.1, -0.05) is 6.92 Å². The molecule has 0 unspecified atom stereocenters. The van der Waals surface area contributed by atoms with E-state index in [9.17, 15) is 0 Å². The van der Waals surface area contributed by atoms with Crippen molar-refractivity contribution in [3.63, 3.8) is 0 Å². The summed E-state index contributed by atoms with van der Waals surface area (Å²) in [4.78, 5) is 8.95. The first-order valence-electron chi connectivity index (χ1n) is 6.00. The number of ether oxygens (including phenoxy) is 2. The Kier molecular flexibility index (Phi) is 7.15. The van der Waals surface area contributed by atoms with Crippen molar-refractivity contribution >= 4 is 21.7 Å². The highest BCUT2D eigenvalue weighted by Gasteiger charge is 2.11. The first-order chi connectivity index (χ1) is 8.72. The average Bonchev–Trinajstić information content (AvgIpc) is 2.38. The summed E-state index contributed by atoms with van der Waals surface area (Å²) in [7, 11) is 3.33. The van der Waals surface area contributed by atoms with Gasteiger partial charge in [0.2, 0.25) is 0 Å². The molecule has 6 heteroatoms. The number of nitrogens with one attached hydrogen (secondary N) is 1. The van der Waals surface area contributed by atoms with Crippen LogP contribution in [0.2, 0.25) is 0 Å². The molecule has 1 N–H and O–H groups in total. The van der Waals surface area contributed by atoms with Crippen LogP contribution in [-0.4, -0.2) is 37.3 Å². The standard InChI is InChI=1S/C12H20BrN3O2/c1-4-6-14-12-11(13)9(8-18-3)15-10(16-12)5-7-17-2/h4-8H2,1-3H3,(H,14,15,16). The predicted octanol–water partition coefficient (Wildman–Crippen LogP) is 2.40. The maximum Gasteiger partial charge on any atom is 0.144 e. The smallest absolute Gasteiger partial charge is 0.144 e. The van der Waals surface area contributed by atoms with Gasteiger partial charge in [-0.25, -0.2) is 9.97 Å². The van der Waals surface area contributed by atoms with Gasteiger partial charge in [0.15, 0.2) is 0 Å². The highest BCUT2D eigenvalue weighted by Crippen LogP contribution is 2.24. The summed E-state index contributed by atoms with van der Waals surface area (Å²) in [5.41, 5.74) is 0.859. The van der Waals surface area contributed by atoms with Crippen molar-refractivity contribution in [2.75, 3.05) is 32.7 Å². The van der Waals surface area contributed by atoms with Crippen LogP contribution in [0.1, 0.15) is 24.9 Å². The molecule has 0 aliphatic carbocycles. The SMILES string of the molecule is CCCNc1nc(CCOC)nc(COC)c1Br. The van der Waals surface area contributed by atoms with E-state index in [4.69, 9.17) is 9.47 Å². The van der Waals surface area contributed by atoms with E-state index in [-0.39, 0.29) is 0 Å².